The maximum atomic E-state index is 12.8. The highest BCUT2D eigenvalue weighted by atomic mass is 16.7. The topological polar surface area (TPSA) is 111 Å². The Kier molecular flexibility index (Phi) is 42.1. The molecule has 0 aliphatic carbocycles. The second-order valence-corrected chi connectivity index (χ2v) is 17.0. The van der Waals surface area contributed by atoms with Crippen molar-refractivity contribution in [2.24, 2.45) is 0 Å². The third-order valence-electron chi connectivity index (χ3n) is 9.83. The van der Waals surface area contributed by atoms with Gasteiger partial charge >= 0.3 is 11.9 Å². The van der Waals surface area contributed by atoms with E-state index in [9.17, 15) is 19.5 Å². The number of carbonyl (C=O) groups excluding carboxylic acids is 3. The van der Waals surface area contributed by atoms with E-state index in [2.05, 4.69) is 111 Å². The number of carbonyl (C=O) groups is 3. The molecule has 358 valence electrons. The third-order valence-corrected chi connectivity index (χ3v) is 9.83. The van der Waals surface area contributed by atoms with Crippen molar-refractivity contribution in [2.45, 2.75) is 180 Å². The zero-order chi connectivity index (χ0) is 46.3. The molecule has 0 saturated heterocycles. The Labute approximate surface area is 384 Å². The van der Waals surface area contributed by atoms with Crippen LogP contribution in [0.4, 0.5) is 0 Å². The molecule has 0 bridgehead atoms. The number of hydrogen-bond acceptors (Lipinski definition) is 8. The predicted molar refractivity (Wildman–Crippen MR) is 260 cm³/mol. The van der Waals surface area contributed by atoms with Crippen LogP contribution in [0.15, 0.2) is 97.2 Å². The van der Waals surface area contributed by atoms with Gasteiger partial charge in [0.2, 0.25) is 0 Å². The highest BCUT2D eigenvalue weighted by Crippen LogP contribution is 2.13. The summed E-state index contributed by atoms with van der Waals surface area (Å²) < 4.78 is 22.6. The minimum atomic E-state index is -1.63. The summed E-state index contributed by atoms with van der Waals surface area (Å²) in [5.41, 5.74) is 0. The molecular formula is C54H89NO8. The van der Waals surface area contributed by atoms with Gasteiger partial charge in [0.1, 0.15) is 13.2 Å². The first-order valence-electron chi connectivity index (χ1n) is 24.4. The first-order valence-corrected chi connectivity index (χ1v) is 24.4. The number of hydrogen-bond donors (Lipinski definition) is 0. The maximum Gasteiger partial charge on any atom is 0.306 e. The predicted octanol–water partition coefficient (Wildman–Crippen LogP) is 12.1. The first-order chi connectivity index (χ1) is 30.6. The number of quaternary nitrogens is 1. The third kappa shape index (κ3) is 46.0. The number of ether oxygens (including phenoxy) is 4. The molecule has 0 aromatic heterocycles. The van der Waals surface area contributed by atoms with Crippen LogP contribution in [0.1, 0.15) is 168 Å². The molecule has 9 nitrogen and oxygen atoms in total. The summed E-state index contributed by atoms with van der Waals surface area (Å²) in [6, 6.07) is 0. The van der Waals surface area contributed by atoms with E-state index in [1.54, 1.807) is 0 Å². The van der Waals surface area contributed by atoms with Crippen LogP contribution in [-0.4, -0.2) is 82.3 Å². The molecule has 0 rings (SSSR count). The van der Waals surface area contributed by atoms with E-state index < -0.39 is 24.3 Å². The molecule has 0 aliphatic rings. The summed E-state index contributed by atoms with van der Waals surface area (Å²) >= 11 is 0. The van der Waals surface area contributed by atoms with Crippen molar-refractivity contribution in [1.82, 2.24) is 0 Å². The van der Waals surface area contributed by atoms with E-state index in [0.29, 0.717) is 23.9 Å². The number of esters is 2. The van der Waals surface area contributed by atoms with Gasteiger partial charge < -0.3 is 33.3 Å². The quantitative estimate of drug-likeness (QED) is 0.0196. The van der Waals surface area contributed by atoms with Gasteiger partial charge in [-0.05, 0) is 89.9 Å². The SMILES string of the molecule is CC/C=C\C/C=C\C/C=C\C/C=C\CCCCCCCCC(=O)OCC(COC(OCC[N+](C)(C)C)C(=O)[O-])OC(=O)CCCCCCCC/C=C\C/C=C\C/C=C\C/C=C\CC. The van der Waals surface area contributed by atoms with E-state index in [-0.39, 0.29) is 38.6 Å². The number of carboxylic acids is 1. The lowest BCUT2D eigenvalue weighted by Gasteiger charge is -2.26. The van der Waals surface area contributed by atoms with Crippen molar-refractivity contribution in [1.29, 1.82) is 0 Å². The Hall–Kier alpha value is -3.79. The molecule has 0 heterocycles. The second-order valence-electron chi connectivity index (χ2n) is 17.0. The van der Waals surface area contributed by atoms with Crippen LogP contribution in [0.25, 0.3) is 0 Å². The number of unbranched alkanes of at least 4 members (excludes halogenated alkanes) is 12. The van der Waals surface area contributed by atoms with Gasteiger partial charge in [-0.2, -0.15) is 0 Å². The minimum absolute atomic E-state index is 0.136. The van der Waals surface area contributed by atoms with Gasteiger partial charge in [0.05, 0.1) is 40.3 Å². The monoisotopic (exact) mass is 880 g/mol. The molecule has 0 aromatic carbocycles. The summed E-state index contributed by atoms with van der Waals surface area (Å²) in [5.74, 6) is -2.34. The maximum absolute atomic E-state index is 12.8. The summed E-state index contributed by atoms with van der Waals surface area (Å²) in [4.78, 5) is 37.1. The van der Waals surface area contributed by atoms with Crippen LogP contribution in [0, 0.1) is 0 Å². The smallest absolute Gasteiger partial charge is 0.306 e. The molecule has 0 saturated carbocycles. The van der Waals surface area contributed by atoms with Gasteiger partial charge in [0, 0.05) is 12.8 Å². The molecule has 0 spiro atoms. The van der Waals surface area contributed by atoms with E-state index in [1.165, 1.54) is 0 Å². The molecule has 0 aromatic rings. The van der Waals surface area contributed by atoms with Crippen LogP contribution in [0.3, 0.4) is 0 Å². The number of rotatable bonds is 43. The molecule has 0 amide bonds. The molecular weight excluding hydrogens is 791 g/mol. The Morgan fingerprint density at radius 3 is 1.27 bits per heavy atom. The van der Waals surface area contributed by atoms with E-state index in [1.807, 2.05) is 21.1 Å². The molecule has 2 atom stereocenters. The van der Waals surface area contributed by atoms with Gasteiger partial charge in [-0.15, -0.1) is 0 Å². The molecule has 63 heavy (non-hydrogen) atoms. The van der Waals surface area contributed by atoms with Crippen molar-refractivity contribution in [3.8, 4) is 0 Å². The van der Waals surface area contributed by atoms with Gasteiger partial charge in [0.15, 0.2) is 12.4 Å². The first kappa shape index (κ1) is 59.2. The number of allylic oxidation sites excluding steroid dienone is 16. The lowest BCUT2D eigenvalue weighted by atomic mass is 10.1. The lowest BCUT2D eigenvalue weighted by molar-refractivity contribution is -0.870. The lowest BCUT2D eigenvalue weighted by Crippen LogP contribution is -2.44. The Morgan fingerprint density at radius 1 is 0.476 bits per heavy atom. The van der Waals surface area contributed by atoms with Gasteiger partial charge in [-0.3, -0.25) is 9.59 Å². The fraction of sp³-hybridized carbons (Fsp3) is 0.648. The Bertz CT molecular complexity index is 1350. The van der Waals surface area contributed by atoms with E-state index >= 15 is 0 Å². The molecule has 2 unspecified atom stereocenters. The highest BCUT2D eigenvalue weighted by molar-refractivity contribution is 5.70. The van der Waals surface area contributed by atoms with Crippen molar-refractivity contribution in [3.05, 3.63) is 97.2 Å². The summed E-state index contributed by atoms with van der Waals surface area (Å²) in [7, 11) is 5.89. The van der Waals surface area contributed by atoms with Crippen LogP contribution >= 0.6 is 0 Å². The van der Waals surface area contributed by atoms with Crippen molar-refractivity contribution < 1.29 is 42.9 Å². The summed E-state index contributed by atoms with van der Waals surface area (Å²) in [5, 5.41) is 11.7. The second kappa shape index (κ2) is 44.8. The Morgan fingerprint density at radius 2 is 0.857 bits per heavy atom. The number of nitrogens with zero attached hydrogens (tertiary/aromatic N) is 1. The zero-order valence-electron chi connectivity index (χ0n) is 40.4. The summed E-state index contributed by atoms with van der Waals surface area (Å²) in [6.07, 6.45) is 55.7. The summed E-state index contributed by atoms with van der Waals surface area (Å²) in [6.45, 7) is 4.46. The van der Waals surface area contributed by atoms with Crippen LogP contribution in [0.2, 0.25) is 0 Å². The fourth-order valence-electron chi connectivity index (χ4n) is 6.10. The number of aliphatic carboxylic acids is 1. The zero-order valence-corrected chi connectivity index (χ0v) is 40.4. The average molecular weight is 880 g/mol. The van der Waals surface area contributed by atoms with E-state index in [4.69, 9.17) is 18.9 Å². The molecule has 0 fully saturated rings. The van der Waals surface area contributed by atoms with Crippen molar-refractivity contribution in [3.63, 3.8) is 0 Å². The highest BCUT2D eigenvalue weighted by Gasteiger charge is 2.21. The van der Waals surface area contributed by atoms with E-state index in [0.717, 1.165) is 128 Å². The minimum Gasteiger partial charge on any atom is -0.545 e. The fourth-order valence-corrected chi connectivity index (χ4v) is 6.10. The number of carboxylic acid groups (broad SMARTS) is 1. The largest absolute Gasteiger partial charge is 0.545 e. The average Bonchev–Trinajstić information content (AvgIpc) is 3.24. The van der Waals surface area contributed by atoms with Crippen molar-refractivity contribution in [2.75, 3.05) is 47.5 Å². The van der Waals surface area contributed by atoms with Gasteiger partial charge in [-0.1, -0.05) is 162 Å². The molecule has 0 N–H and O–H groups in total. The Balaban J connectivity index is 4.45. The van der Waals surface area contributed by atoms with Crippen molar-refractivity contribution >= 4 is 17.9 Å². The molecule has 9 heteroatoms. The van der Waals surface area contributed by atoms with Gasteiger partial charge in [-0.25, -0.2) is 0 Å². The standard InChI is InChI=1S/C54H89NO8/c1-6-8-10-12-14-16-18-20-22-24-26-28-30-32-34-36-38-40-42-44-51(56)61-48-50(49-62-54(53(58)59)60-47-46-55(3,4)5)63-52(57)45-43-41-39-37-35-33-31-29-27-25-23-21-19-17-15-13-11-9-7-2/h8-11,14-17,20-23,26-29,50,54H,6-7,12-13,18-19,24-25,30-49H2,1-5H3/b10-8-,11-9-,16-14-,17-15-,22-20-,23-21-,28-26-,29-27-. The normalized spacial score (nSPS) is 13.7. The van der Waals surface area contributed by atoms with Gasteiger partial charge in [0.25, 0.3) is 0 Å². The van der Waals surface area contributed by atoms with Crippen LogP contribution in [0.5, 0.6) is 0 Å². The molecule has 0 aliphatic heterocycles. The van der Waals surface area contributed by atoms with Crippen LogP contribution in [-0.2, 0) is 33.3 Å². The number of likely N-dealkylation sites (N-methyl/N-ethyl adjacent to an activating group) is 1. The van der Waals surface area contributed by atoms with Crippen LogP contribution < -0.4 is 5.11 Å². The molecule has 0 radical (unpaired) electrons.